The van der Waals surface area contributed by atoms with Crippen LogP contribution in [0.5, 0.6) is 0 Å². The maximum absolute atomic E-state index is 5.57. The van der Waals surface area contributed by atoms with Crippen LogP contribution in [-0.4, -0.2) is 19.0 Å². The van der Waals surface area contributed by atoms with Crippen LogP contribution in [-0.2, 0) is 9.47 Å². The van der Waals surface area contributed by atoms with E-state index in [0.717, 1.165) is 38.9 Å². The summed E-state index contributed by atoms with van der Waals surface area (Å²) < 4.78 is 12.6. The molecular weight excluding hydrogens is 327 g/mol. The summed E-state index contributed by atoms with van der Waals surface area (Å²) in [5.41, 5.74) is 1.40. The van der Waals surface area contributed by atoms with E-state index in [4.69, 9.17) is 9.47 Å². The molecule has 3 heteroatoms. The first kappa shape index (κ1) is 15.2. The molecule has 0 N–H and O–H groups in total. The Hall–Kier alpha value is 0.130. The molecular formula is C14H23IO2. The van der Waals surface area contributed by atoms with E-state index in [1.807, 2.05) is 6.92 Å². The van der Waals surface area contributed by atoms with Gasteiger partial charge in [0.2, 0.25) is 0 Å². The third kappa shape index (κ3) is 6.58. The Kier molecular flexibility index (Phi) is 6.74. The van der Waals surface area contributed by atoms with Gasteiger partial charge in [0.05, 0.1) is 13.2 Å². The fourth-order valence-corrected chi connectivity index (χ4v) is 2.42. The second-order valence-electron chi connectivity index (χ2n) is 4.84. The summed E-state index contributed by atoms with van der Waals surface area (Å²) in [6.07, 6.45) is 8.85. The zero-order valence-electron chi connectivity index (χ0n) is 11.1. The van der Waals surface area contributed by atoms with Crippen molar-refractivity contribution < 1.29 is 9.47 Å². The first-order valence-electron chi connectivity index (χ1n) is 6.28. The number of halogens is 1. The second kappa shape index (κ2) is 7.54. The largest absolute Gasteiger partial charge is 0.348 e. The zero-order valence-corrected chi connectivity index (χ0v) is 13.2. The molecule has 0 aliphatic carbocycles. The summed E-state index contributed by atoms with van der Waals surface area (Å²) in [4.78, 5) is 0. The Morgan fingerprint density at radius 2 is 1.82 bits per heavy atom. The van der Waals surface area contributed by atoms with Gasteiger partial charge in [0.25, 0.3) is 0 Å². The first-order chi connectivity index (χ1) is 8.02. The predicted octanol–water partition coefficient (Wildman–Crippen LogP) is 4.59. The van der Waals surface area contributed by atoms with Crippen molar-refractivity contribution in [3.8, 4) is 0 Å². The van der Waals surface area contributed by atoms with Gasteiger partial charge in [0.15, 0.2) is 5.79 Å². The van der Waals surface area contributed by atoms with Crippen LogP contribution >= 0.6 is 22.6 Å². The average molecular weight is 350 g/mol. The van der Waals surface area contributed by atoms with Gasteiger partial charge in [-0.25, -0.2) is 0 Å². The van der Waals surface area contributed by atoms with E-state index < -0.39 is 0 Å². The summed E-state index contributed by atoms with van der Waals surface area (Å²) in [5.74, 6) is -0.340. The van der Waals surface area contributed by atoms with Gasteiger partial charge < -0.3 is 9.47 Å². The zero-order chi connectivity index (χ0) is 12.7. The van der Waals surface area contributed by atoms with Crippen LogP contribution in [0.2, 0.25) is 0 Å². The van der Waals surface area contributed by atoms with Crippen LogP contribution in [0.4, 0.5) is 0 Å². The molecule has 2 nitrogen and oxygen atoms in total. The predicted molar refractivity (Wildman–Crippen MR) is 80.3 cm³/mol. The molecule has 0 atom stereocenters. The van der Waals surface area contributed by atoms with Gasteiger partial charge in [-0.15, -0.1) is 0 Å². The van der Waals surface area contributed by atoms with Crippen molar-refractivity contribution >= 4 is 22.6 Å². The van der Waals surface area contributed by atoms with Crippen molar-refractivity contribution in [2.24, 2.45) is 0 Å². The van der Waals surface area contributed by atoms with Gasteiger partial charge in [0, 0.05) is 6.42 Å². The van der Waals surface area contributed by atoms with Crippen LogP contribution in [0, 0.1) is 0 Å². The highest BCUT2D eigenvalue weighted by molar-refractivity contribution is 14.1. The molecule has 0 amide bonds. The molecule has 0 radical (unpaired) electrons. The Balaban J connectivity index is 2.21. The van der Waals surface area contributed by atoms with Gasteiger partial charge in [0.1, 0.15) is 0 Å². The standard InChI is InChI=1S/C14H23IO2/c1-12(2)6-4-7-13(15)8-5-9-14(3)16-10-11-17-14/h6,8H,4-5,7,9-11H2,1-3H3/b13-8-. The van der Waals surface area contributed by atoms with E-state index in [0.29, 0.717) is 0 Å². The molecule has 17 heavy (non-hydrogen) atoms. The van der Waals surface area contributed by atoms with E-state index in [1.54, 1.807) is 0 Å². The molecule has 0 aromatic rings. The molecule has 1 saturated heterocycles. The van der Waals surface area contributed by atoms with E-state index in [2.05, 4.69) is 48.6 Å². The normalized spacial score (nSPS) is 19.4. The van der Waals surface area contributed by atoms with Crippen LogP contribution in [0.1, 0.15) is 46.5 Å². The van der Waals surface area contributed by atoms with Gasteiger partial charge in [-0.05, 0) is 66.2 Å². The maximum atomic E-state index is 5.57. The van der Waals surface area contributed by atoms with Crippen LogP contribution in [0.15, 0.2) is 21.3 Å². The fourth-order valence-electron chi connectivity index (χ4n) is 1.79. The molecule has 1 aliphatic rings. The minimum absolute atomic E-state index is 0.340. The van der Waals surface area contributed by atoms with Gasteiger partial charge in [-0.2, -0.15) is 0 Å². The lowest BCUT2D eigenvalue weighted by molar-refractivity contribution is -0.145. The van der Waals surface area contributed by atoms with Crippen molar-refractivity contribution in [1.82, 2.24) is 0 Å². The molecule has 0 aromatic heterocycles. The second-order valence-corrected chi connectivity index (χ2v) is 6.23. The highest BCUT2D eigenvalue weighted by Crippen LogP contribution is 2.25. The lowest BCUT2D eigenvalue weighted by Crippen LogP contribution is -2.24. The van der Waals surface area contributed by atoms with Crippen LogP contribution in [0.25, 0.3) is 0 Å². The number of hydrogen-bond donors (Lipinski definition) is 0. The highest BCUT2D eigenvalue weighted by Gasteiger charge is 2.29. The van der Waals surface area contributed by atoms with Crippen molar-refractivity contribution in [3.05, 3.63) is 21.3 Å². The quantitative estimate of drug-likeness (QED) is 0.515. The maximum Gasteiger partial charge on any atom is 0.166 e. The molecule has 0 spiro atoms. The van der Waals surface area contributed by atoms with Crippen LogP contribution < -0.4 is 0 Å². The minimum Gasteiger partial charge on any atom is -0.348 e. The smallest absolute Gasteiger partial charge is 0.166 e. The van der Waals surface area contributed by atoms with Gasteiger partial charge >= 0.3 is 0 Å². The average Bonchev–Trinajstić information content (AvgIpc) is 2.65. The summed E-state index contributed by atoms with van der Waals surface area (Å²) in [7, 11) is 0. The van der Waals surface area contributed by atoms with Crippen molar-refractivity contribution in [3.63, 3.8) is 0 Å². The van der Waals surface area contributed by atoms with Crippen molar-refractivity contribution in [2.75, 3.05) is 13.2 Å². The Morgan fingerprint density at radius 3 is 2.41 bits per heavy atom. The third-order valence-electron chi connectivity index (χ3n) is 2.80. The molecule has 0 saturated carbocycles. The lowest BCUT2D eigenvalue weighted by atomic mass is 10.1. The monoisotopic (exact) mass is 350 g/mol. The van der Waals surface area contributed by atoms with Crippen LogP contribution in [0.3, 0.4) is 0 Å². The van der Waals surface area contributed by atoms with E-state index in [9.17, 15) is 0 Å². The molecule has 1 rings (SSSR count). The molecule has 1 fully saturated rings. The molecule has 1 heterocycles. The van der Waals surface area contributed by atoms with E-state index in [-0.39, 0.29) is 5.79 Å². The van der Waals surface area contributed by atoms with Gasteiger partial charge in [-0.3, -0.25) is 0 Å². The highest BCUT2D eigenvalue weighted by atomic mass is 127. The summed E-state index contributed by atoms with van der Waals surface area (Å²) in [6.45, 7) is 7.79. The summed E-state index contributed by atoms with van der Waals surface area (Å²) in [6, 6.07) is 0. The SMILES string of the molecule is CC(C)=CCC/C(I)=C/CCC1(C)OCCO1. The van der Waals surface area contributed by atoms with Crippen molar-refractivity contribution in [2.45, 2.75) is 52.2 Å². The molecule has 1 aliphatic heterocycles. The molecule has 98 valence electrons. The Morgan fingerprint density at radius 1 is 1.18 bits per heavy atom. The Labute approximate surface area is 119 Å². The van der Waals surface area contributed by atoms with E-state index in [1.165, 1.54) is 9.15 Å². The topological polar surface area (TPSA) is 18.5 Å². The molecule has 0 aromatic carbocycles. The van der Waals surface area contributed by atoms with Crippen molar-refractivity contribution in [1.29, 1.82) is 0 Å². The first-order valence-corrected chi connectivity index (χ1v) is 7.35. The molecule has 0 unspecified atom stereocenters. The fraction of sp³-hybridized carbons (Fsp3) is 0.714. The molecule has 0 bridgehead atoms. The summed E-state index contributed by atoms with van der Waals surface area (Å²) >= 11 is 2.43. The summed E-state index contributed by atoms with van der Waals surface area (Å²) in [5, 5.41) is 0. The number of rotatable bonds is 6. The number of ether oxygens (including phenoxy) is 2. The Bertz CT molecular complexity index is 285. The van der Waals surface area contributed by atoms with E-state index >= 15 is 0 Å². The van der Waals surface area contributed by atoms with Gasteiger partial charge in [-0.1, -0.05) is 17.7 Å². The lowest BCUT2D eigenvalue weighted by Gasteiger charge is -2.21. The minimum atomic E-state index is -0.340. The number of hydrogen-bond acceptors (Lipinski definition) is 2. The third-order valence-corrected chi connectivity index (χ3v) is 3.78. The number of allylic oxidation sites excluding steroid dienone is 4.